The summed E-state index contributed by atoms with van der Waals surface area (Å²) >= 11 is 0. The Kier molecular flexibility index (Phi) is 3.07. The van der Waals surface area contributed by atoms with Crippen molar-refractivity contribution >= 4 is 5.91 Å². The van der Waals surface area contributed by atoms with E-state index < -0.39 is 12.7 Å². The zero-order valence-electron chi connectivity index (χ0n) is 10.7. The number of hydrogen-bond acceptors (Lipinski definition) is 2. The van der Waals surface area contributed by atoms with Crippen molar-refractivity contribution in [2.75, 3.05) is 0 Å². The zero-order valence-corrected chi connectivity index (χ0v) is 10.7. The highest BCUT2D eigenvalue weighted by atomic mass is 19.4. The predicted molar refractivity (Wildman–Crippen MR) is 65.0 cm³/mol. The average Bonchev–Trinajstić information content (AvgIpc) is 2.90. The Morgan fingerprint density at radius 2 is 2.20 bits per heavy atom. The van der Waals surface area contributed by atoms with Gasteiger partial charge in [-0.25, -0.2) is 4.98 Å². The Morgan fingerprint density at radius 3 is 2.90 bits per heavy atom. The molecule has 0 aliphatic carbocycles. The number of rotatable bonds is 2. The number of alkyl halides is 3. The van der Waals surface area contributed by atoms with Gasteiger partial charge in [-0.15, -0.1) is 0 Å². The van der Waals surface area contributed by atoms with Gasteiger partial charge in [-0.05, 0) is 19.3 Å². The van der Waals surface area contributed by atoms with Gasteiger partial charge in [-0.3, -0.25) is 4.79 Å². The Balaban J connectivity index is 1.77. The molecule has 0 radical (unpaired) electrons. The normalized spacial score (nSPS) is 25.2. The first-order valence-corrected chi connectivity index (χ1v) is 6.52. The molecule has 2 aliphatic heterocycles. The van der Waals surface area contributed by atoms with E-state index in [9.17, 15) is 18.0 Å². The molecule has 2 aliphatic rings. The minimum absolute atomic E-state index is 0.0639. The van der Waals surface area contributed by atoms with Crippen molar-refractivity contribution < 1.29 is 18.0 Å². The minimum atomic E-state index is -4.31. The summed E-state index contributed by atoms with van der Waals surface area (Å²) in [5, 5.41) is 0. The van der Waals surface area contributed by atoms with Crippen LogP contribution in [0.15, 0.2) is 24.7 Å². The maximum atomic E-state index is 12.4. The van der Waals surface area contributed by atoms with Crippen LogP contribution in [0.4, 0.5) is 13.2 Å². The van der Waals surface area contributed by atoms with Gasteiger partial charge in [0.15, 0.2) is 0 Å². The van der Waals surface area contributed by atoms with E-state index in [4.69, 9.17) is 0 Å². The molecule has 20 heavy (non-hydrogen) atoms. The number of imidazole rings is 1. The Morgan fingerprint density at radius 1 is 1.40 bits per heavy atom. The Hall–Kier alpha value is -1.79. The van der Waals surface area contributed by atoms with Gasteiger partial charge in [0.1, 0.15) is 12.2 Å². The molecule has 2 bridgehead atoms. The van der Waals surface area contributed by atoms with Crippen LogP contribution >= 0.6 is 0 Å². The van der Waals surface area contributed by atoms with E-state index in [1.54, 1.807) is 4.90 Å². The molecule has 1 aromatic rings. The highest BCUT2D eigenvalue weighted by Gasteiger charge is 2.38. The van der Waals surface area contributed by atoms with Crippen molar-refractivity contribution in [2.24, 2.45) is 0 Å². The van der Waals surface area contributed by atoms with Crippen LogP contribution in [0.1, 0.15) is 29.8 Å². The molecule has 1 fully saturated rings. The molecule has 1 amide bonds. The number of nitrogens with zero attached hydrogens (tertiary/aromatic N) is 3. The molecule has 108 valence electrons. The van der Waals surface area contributed by atoms with Gasteiger partial charge in [-0.2, -0.15) is 13.2 Å². The lowest BCUT2D eigenvalue weighted by Gasteiger charge is -2.30. The third kappa shape index (κ3) is 2.44. The number of halogens is 3. The summed E-state index contributed by atoms with van der Waals surface area (Å²) < 4.78 is 37.8. The summed E-state index contributed by atoms with van der Waals surface area (Å²) in [5.41, 5.74) is 0.0847. The van der Waals surface area contributed by atoms with E-state index in [0.717, 1.165) is 30.2 Å². The average molecular weight is 285 g/mol. The molecule has 4 nitrogen and oxygen atoms in total. The molecule has 2 atom stereocenters. The molecule has 0 N–H and O–H groups in total. The lowest BCUT2D eigenvalue weighted by atomic mass is 10.1. The number of aromatic nitrogens is 2. The predicted octanol–water partition coefficient (Wildman–Crippen LogP) is 2.38. The van der Waals surface area contributed by atoms with Gasteiger partial charge in [0.2, 0.25) is 0 Å². The van der Waals surface area contributed by atoms with Gasteiger partial charge < -0.3 is 9.47 Å². The zero-order chi connectivity index (χ0) is 14.3. The Labute approximate surface area is 113 Å². The molecule has 1 aromatic heterocycles. The monoisotopic (exact) mass is 285 g/mol. The molecule has 3 heterocycles. The van der Waals surface area contributed by atoms with Crippen LogP contribution in [0, 0.1) is 0 Å². The number of carbonyl (C=O) groups is 1. The summed E-state index contributed by atoms with van der Waals surface area (Å²) in [6, 6.07) is 0.222. The SMILES string of the molecule is O=C(c1cn(CC(F)(F)F)cn1)N1C2C=CCC1CC2. The number of fused-ring (bicyclic) bond motifs is 2. The fourth-order valence-electron chi connectivity index (χ4n) is 2.94. The van der Waals surface area contributed by atoms with Crippen LogP contribution in [0.5, 0.6) is 0 Å². The first kappa shape index (κ1) is 13.2. The minimum Gasteiger partial charge on any atom is -0.328 e. The largest absolute Gasteiger partial charge is 0.406 e. The van der Waals surface area contributed by atoms with Crippen molar-refractivity contribution in [1.29, 1.82) is 0 Å². The molecule has 0 aromatic carbocycles. The fraction of sp³-hybridized carbons (Fsp3) is 0.538. The molecular weight excluding hydrogens is 271 g/mol. The van der Waals surface area contributed by atoms with E-state index in [-0.39, 0.29) is 23.7 Å². The molecule has 0 saturated carbocycles. The van der Waals surface area contributed by atoms with E-state index in [2.05, 4.69) is 11.1 Å². The highest BCUT2D eigenvalue weighted by molar-refractivity contribution is 5.93. The van der Waals surface area contributed by atoms with Gasteiger partial charge >= 0.3 is 6.18 Å². The van der Waals surface area contributed by atoms with Crippen molar-refractivity contribution in [2.45, 2.75) is 44.1 Å². The van der Waals surface area contributed by atoms with Gasteiger partial charge in [0, 0.05) is 12.2 Å². The highest BCUT2D eigenvalue weighted by Crippen LogP contribution is 2.32. The first-order chi connectivity index (χ1) is 9.44. The fourth-order valence-corrected chi connectivity index (χ4v) is 2.94. The second-order valence-electron chi connectivity index (χ2n) is 5.22. The van der Waals surface area contributed by atoms with Crippen molar-refractivity contribution in [3.8, 4) is 0 Å². The maximum Gasteiger partial charge on any atom is 0.406 e. The van der Waals surface area contributed by atoms with Gasteiger partial charge in [0.25, 0.3) is 5.91 Å². The second-order valence-corrected chi connectivity index (χ2v) is 5.22. The van der Waals surface area contributed by atoms with Gasteiger partial charge in [-0.1, -0.05) is 12.2 Å². The third-order valence-corrected chi connectivity index (χ3v) is 3.76. The summed E-state index contributed by atoms with van der Waals surface area (Å²) in [4.78, 5) is 17.9. The summed E-state index contributed by atoms with van der Waals surface area (Å²) in [6.45, 7) is -1.12. The van der Waals surface area contributed by atoms with Crippen molar-refractivity contribution in [3.05, 3.63) is 30.4 Å². The van der Waals surface area contributed by atoms with E-state index >= 15 is 0 Å². The molecular formula is C13H14F3N3O. The lowest BCUT2D eigenvalue weighted by Crippen LogP contribution is -2.42. The molecule has 2 unspecified atom stereocenters. The van der Waals surface area contributed by atoms with Crippen molar-refractivity contribution in [1.82, 2.24) is 14.5 Å². The van der Waals surface area contributed by atoms with Crippen LogP contribution < -0.4 is 0 Å². The number of amides is 1. The lowest BCUT2D eigenvalue weighted by molar-refractivity contribution is -0.140. The van der Waals surface area contributed by atoms with E-state index in [1.807, 2.05) is 6.08 Å². The van der Waals surface area contributed by atoms with E-state index in [1.165, 1.54) is 6.20 Å². The number of hydrogen-bond donors (Lipinski definition) is 0. The molecule has 1 saturated heterocycles. The summed E-state index contributed by atoms with van der Waals surface area (Å²) in [7, 11) is 0. The maximum absolute atomic E-state index is 12.4. The topological polar surface area (TPSA) is 38.1 Å². The van der Waals surface area contributed by atoms with Crippen LogP contribution in [-0.4, -0.2) is 38.6 Å². The standard InChI is InChI=1S/C13H14F3N3O/c14-13(15,16)7-18-6-11(17-8-18)12(20)19-9-2-1-3-10(19)5-4-9/h1-2,6,8-10H,3-5,7H2. The van der Waals surface area contributed by atoms with Crippen LogP contribution in [0.2, 0.25) is 0 Å². The van der Waals surface area contributed by atoms with E-state index in [0.29, 0.717) is 0 Å². The number of carbonyl (C=O) groups excluding carboxylic acids is 1. The molecule has 7 heteroatoms. The summed E-state index contributed by atoms with van der Waals surface area (Å²) in [6.07, 6.45) is 4.64. The smallest absolute Gasteiger partial charge is 0.328 e. The quantitative estimate of drug-likeness (QED) is 0.782. The van der Waals surface area contributed by atoms with Crippen LogP contribution in [0.3, 0.4) is 0 Å². The van der Waals surface area contributed by atoms with Crippen molar-refractivity contribution in [3.63, 3.8) is 0 Å². The first-order valence-electron chi connectivity index (χ1n) is 6.52. The van der Waals surface area contributed by atoms with Crippen LogP contribution in [-0.2, 0) is 6.54 Å². The van der Waals surface area contributed by atoms with Gasteiger partial charge in [0.05, 0.1) is 12.4 Å². The third-order valence-electron chi connectivity index (χ3n) is 3.76. The molecule has 3 rings (SSSR count). The molecule has 0 spiro atoms. The second kappa shape index (κ2) is 4.64. The Bertz CT molecular complexity index is 549. The summed E-state index contributed by atoms with van der Waals surface area (Å²) in [5.74, 6) is -0.275. The van der Waals surface area contributed by atoms with Crippen LogP contribution in [0.25, 0.3) is 0 Å².